The quantitative estimate of drug-likeness (QED) is 0.826. The highest BCUT2D eigenvalue weighted by atomic mass is 32.2. The molecule has 1 aromatic carbocycles. The second-order valence-corrected chi connectivity index (χ2v) is 8.07. The van der Waals surface area contributed by atoms with Gasteiger partial charge >= 0.3 is 0 Å². The lowest BCUT2D eigenvalue weighted by Crippen LogP contribution is -2.42. The third-order valence-corrected chi connectivity index (χ3v) is 5.83. The number of hydrogen-bond acceptors (Lipinski definition) is 4. The summed E-state index contributed by atoms with van der Waals surface area (Å²) in [5, 5.41) is 0. The van der Waals surface area contributed by atoms with E-state index in [1.54, 1.807) is 0 Å². The van der Waals surface area contributed by atoms with E-state index >= 15 is 0 Å². The molecule has 110 valence electrons. The molecule has 0 aliphatic carbocycles. The number of ether oxygens (including phenoxy) is 1. The Morgan fingerprint density at radius 1 is 1.20 bits per heavy atom. The first kappa shape index (κ1) is 13.9. The van der Waals surface area contributed by atoms with Crippen molar-refractivity contribution >= 4 is 9.84 Å². The summed E-state index contributed by atoms with van der Waals surface area (Å²) in [6.07, 6.45) is 2.07. The van der Waals surface area contributed by atoms with Gasteiger partial charge in [0.05, 0.1) is 18.1 Å². The first-order chi connectivity index (χ1) is 9.62. The maximum Gasteiger partial charge on any atom is 0.152 e. The van der Waals surface area contributed by atoms with E-state index in [1.165, 1.54) is 5.56 Å². The molecule has 5 heteroatoms. The average Bonchev–Trinajstić information content (AvgIpc) is 2.63. The minimum absolute atomic E-state index is 0.312. The largest absolute Gasteiger partial charge is 0.493 e. The van der Waals surface area contributed by atoms with Gasteiger partial charge in [0.25, 0.3) is 0 Å². The maximum atomic E-state index is 11.5. The summed E-state index contributed by atoms with van der Waals surface area (Å²) in [5.41, 5.74) is 1.28. The van der Waals surface area contributed by atoms with Gasteiger partial charge < -0.3 is 9.64 Å². The monoisotopic (exact) mass is 295 g/mol. The number of fused-ring (bicyclic) bond motifs is 1. The molecule has 1 aromatic rings. The van der Waals surface area contributed by atoms with E-state index in [-0.39, 0.29) is 0 Å². The summed E-state index contributed by atoms with van der Waals surface area (Å²) in [6, 6.07) is 8.23. The molecule has 1 atom stereocenters. The van der Waals surface area contributed by atoms with Gasteiger partial charge in [0.2, 0.25) is 0 Å². The lowest BCUT2D eigenvalue weighted by atomic mass is 9.96. The number of sulfone groups is 1. The van der Waals surface area contributed by atoms with E-state index in [1.807, 2.05) is 12.1 Å². The van der Waals surface area contributed by atoms with Crippen molar-refractivity contribution in [2.24, 2.45) is 5.92 Å². The molecule has 2 aliphatic heterocycles. The molecule has 0 spiro atoms. The molecule has 0 aromatic heterocycles. The maximum absolute atomic E-state index is 11.5. The Kier molecular flexibility index (Phi) is 3.98. The van der Waals surface area contributed by atoms with Crippen LogP contribution in [0, 0.1) is 5.92 Å². The zero-order valence-electron chi connectivity index (χ0n) is 11.6. The molecule has 0 amide bonds. The minimum atomic E-state index is -2.78. The van der Waals surface area contributed by atoms with Gasteiger partial charge in [-0.05, 0) is 30.4 Å². The first-order valence-electron chi connectivity index (χ1n) is 7.26. The zero-order valence-corrected chi connectivity index (χ0v) is 12.4. The van der Waals surface area contributed by atoms with Crippen molar-refractivity contribution in [1.29, 1.82) is 0 Å². The van der Waals surface area contributed by atoms with Crippen LogP contribution in [-0.4, -0.2) is 51.1 Å². The molecule has 1 saturated heterocycles. The summed E-state index contributed by atoms with van der Waals surface area (Å²) in [7, 11) is -2.78. The van der Waals surface area contributed by atoms with Crippen LogP contribution in [0.3, 0.4) is 0 Å². The fourth-order valence-electron chi connectivity index (χ4n) is 3.02. The molecule has 0 N–H and O–H groups in total. The highest BCUT2D eigenvalue weighted by Gasteiger charge is 2.25. The normalized spacial score (nSPS) is 26.3. The van der Waals surface area contributed by atoms with Gasteiger partial charge in [-0.15, -0.1) is 0 Å². The zero-order chi connectivity index (χ0) is 14.0. The lowest BCUT2D eigenvalue weighted by molar-refractivity contribution is 0.221. The smallest absolute Gasteiger partial charge is 0.152 e. The fraction of sp³-hybridized carbons (Fsp3) is 0.600. The summed E-state index contributed by atoms with van der Waals surface area (Å²) in [4.78, 5) is 2.29. The van der Waals surface area contributed by atoms with Crippen LogP contribution in [0.5, 0.6) is 5.75 Å². The van der Waals surface area contributed by atoms with Crippen LogP contribution in [0.1, 0.15) is 12.0 Å². The Hall–Kier alpha value is -1.07. The van der Waals surface area contributed by atoms with Crippen molar-refractivity contribution in [2.75, 3.05) is 37.7 Å². The first-order valence-corrected chi connectivity index (χ1v) is 9.08. The molecule has 0 radical (unpaired) electrons. The fourth-order valence-corrected chi connectivity index (χ4v) is 4.29. The van der Waals surface area contributed by atoms with Gasteiger partial charge in [-0.1, -0.05) is 18.2 Å². The number of hydrogen-bond donors (Lipinski definition) is 0. The van der Waals surface area contributed by atoms with Gasteiger partial charge in [-0.3, -0.25) is 0 Å². The molecular weight excluding hydrogens is 274 g/mol. The van der Waals surface area contributed by atoms with E-state index in [9.17, 15) is 8.42 Å². The van der Waals surface area contributed by atoms with Crippen molar-refractivity contribution < 1.29 is 13.2 Å². The number of benzene rings is 1. The lowest BCUT2D eigenvalue weighted by Gasteiger charge is -2.29. The van der Waals surface area contributed by atoms with Crippen LogP contribution in [0.25, 0.3) is 0 Å². The van der Waals surface area contributed by atoms with Crippen LogP contribution in [-0.2, 0) is 16.3 Å². The van der Waals surface area contributed by atoms with E-state index in [0.717, 1.165) is 31.7 Å². The number of rotatable bonds is 2. The van der Waals surface area contributed by atoms with Crippen molar-refractivity contribution in [3.05, 3.63) is 29.8 Å². The van der Waals surface area contributed by atoms with Crippen molar-refractivity contribution in [2.45, 2.75) is 12.8 Å². The van der Waals surface area contributed by atoms with Crippen LogP contribution < -0.4 is 4.74 Å². The van der Waals surface area contributed by atoms with Crippen LogP contribution in [0.2, 0.25) is 0 Å². The van der Waals surface area contributed by atoms with E-state index in [2.05, 4.69) is 17.0 Å². The molecule has 0 bridgehead atoms. The van der Waals surface area contributed by atoms with Gasteiger partial charge in [0.15, 0.2) is 9.84 Å². The highest BCUT2D eigenvalue weighted by molar-refractivity contribution is 7.91. The number of nitrogens with zero attached hydrogens (tertiary/aromatic N) is 1. The standard InChI is InChI=1S/C15H21NO3S/c17-20(18)9-6-16(7-10-20)12-13-5-8-19-15-4-2-1-3-14(15)11-13/h1-4,13H,5-12H2/t13-/m1/s1. The molecule has 0 unspecified atom stereocenters. The SMILES string of the molecule is O=S1(=O)CCN(C[C@@H]2CCOc3ccccc3C2)CC1. The third kappa shape index (κ3) is 3.33. The molecule has 2 heterocycles. The second-order valence-electron chi connectivity index (χ2n) is 5.77. The highest BCUT2D eigenvalue weighted by Crippen LogP contribution is 2.27. The van der Waals surface area contributed by atoms with E-state index in [0.29, 0.717) is 30.5 Å². The topological polar surface area (TPSA) is 46.6 Å². The molecule has 1 fully saturated rings. The van der Waals surface area contributed by atoms with E-state index in [4.69, 9.17) is 4.74 Å². The molecule has 3 rings (SSSR count). The van der Waals surface area contributed by atoms with Gasteiger partial charge in [-0.25, -0.2) is 8.42 Å². The third-order valence-electron chi connectivity index (χ3n) is 4.22. The van der Waals surface area contributed by atoms with Gasteiger partial charge in [0.1, 0.15) is 5.75 Å². The Morgan fingerprint density at radius 2 is 1.95 bits per heavy atom. The van der Waals surface area contributed by atoms with Crippen molar-refractivity contribution in [3.8, 4) is 5.75 Å². The van der Waals surface area contributed by atoms with E-state index < -0.39 is 9.84 Å². The van der Waals surface area contributed by atoms with Crippen LogP contribution >= 0.6 is 0 Å². The summed E-state index contributed by atoms with van der Waals surface area (Å²) in [6.45, 7) is 3.10. The molecule has 0 saturated carbocycles. The predicted octanol–water partition coefficient (Wildman–Crippen LogP) is 1.36. The van der Waals surface area contributed by atoms with Crippen LogP contribution in [0.4, 0.5) is 0 Å². The summed E-state index contributed by atoms with van der Waals surface area (Å²) >= 11 is 0. The molecule has 20 heavy (non-hydrogen) atoms. The molecular formula is C15H21NO3S. The van der Waals surface area contributed by atoms with Crippen molar-refractivity contribution in [3.63, 3.8) is 0 Å². The Morgan fingerprint density at radius 3 is 2.75 bits per heavy atom. The van der Waals surface area contributed by atoms with Crippen molar-refractivity contribution in [1.82, 2.24) is 4.90 Å². The average molecular weight is 295 g/mol. The molecule has 4 nitrogen and oxygen atoms in total. The molecule has 2 aliphatic rings. The Labute approximate surface area is 120 Å². The predicted molar refractivity (Wildman–Crippen MR) is 78.8 cm³/mol. The Bertz CT molecular complexity index is 556. The summed E-state index contributed by atoms with van der Waals surface area (Å²) in [5.74, 6) is 2.19. The van der Waals surface area contributed by atoms with Crippen LogP contribution in [0.15, 0.2) is 24.3 Å². The minimum Gasteiger partial charge on any atom is -0.493 e. The Balaban J connectivity index is 1.61. The number of para-hydroxylation sites is 1. The van der Waals surface area contributed by atoms with Gasteiger partial charge in [0, 0.05) is 19.6 Å². The second kappa shape index (κ2) is 5.74. The van der Waals surface area contributed by atoms with Gasteiger partial charge in [-0.2, -0.15) is 0 Å². The summed E-state index contributed by atoms with van der Waals surface area (Å²) < 4.78 is 28.7.